The first-order chi connectivity index (χ1) is 11.3. The van der Waals surface area contributed by atoms with E-state index in [2.05, 4.69) is 5.32 Å². The van der Waals surface area contributed by atoms with Gasteiger partial charge in [0.15, 0.2) is 0 Å². The van der Waals surface area contributed by atoms with Crippen molar-refractivity contribution in [3.8, 4) is 0 Å². The fraction of sp³-hybridized carbons (Fsp3) is 0.588. The molecule has 0 aliphatic carbocycles. The Kier molecular flexibility index (Phi) is 5.87. The first-order valence-corrected chi connectivity index (χ1v) is 9.94. The SMILES string of the molecule is CCCS(=O)(=O)N1CCC(Nc2ccccc2)(C(=O)N(C)C)CC1. The van der Waals surface area contributed by atoms with Crippen LogP contribution in [0.15, 0.2) is 30.3 Å². The predicted octanol–water partition coefficient (Wildman–Crippen LogP) is 1.76. The Bertz CT molecular complexity index is 651. The monoisotopic (exact) mass is 353 g/mol. The number of para-hydroxylation sites is 1. The number of nitrogens with zero attached hydrogens (tertiary/aromatic N) is 2. The average Bonchev–Trinajstić information content (AvgIpc) is 2.55. The van der Waals surface area contributed by atoms with Crippen LogP contribution in [0.1, 0.15) is 26.2 Å². The molecule has 0 saturated carbocycles. The summed E-state index contributed by atoms with van der Waals surface area (Å²) in [6, 6.07) is 9.59. The molecule has 1 aliphatic rings. The van der Waals surface area contributed by atoms with Crippen LogP contribution in [0, 0.1) is 0 Å². The molecule has 24 heavy (non-hydrogen) atoms. The highest BCUT2D eigenvalue weighted by Crippen LogP contribution is 2.30. The third-order valence-corrected chi connectivity index (χ3v) is 6.48. The Balaban J connectivity index is 2.20. The van der Waals surface area contributed by atoms with Crippen LogP contribution in [0.4, 0.5) is 5.69 Å². The first-order valence-electron chi connectivity index (χ1n) is 8.33. The zero-order chi connectivity index (χ0) is 17.8. The molecule has 2 rings (SSSR count). The summed E-state index contributed by atoms with van der Waals surface area (Å²) in [4.78, 5) is 14.4. The maximum Gasteiger partial charge on any atom is 0.247 e. The summed E-state index contributed by atoms with van der Waals surface area (Å²) in [5.41, 5.74) is 0.112. The van der Waals surface area contributed by atoms with Crippen LogP contribution in [0.25, 0.3) is 0 Å². The molecule has 0 radical (unpaired) electrons. The summed E-state index contributed by atoms with van der Waals surface area (Å²) in [5, 5.41) is 3.37. The number of carbonyl (C=O) groups excluding carboxylic acids is 1. The van der Waals surface area contributed by atoms with Crippen LogP contribution in [0.5, 0.6) is 0 Å². The van der Waals surface area contributed by atoms with Crippen molar-refractivity contribution in [1.82, 2.24) is 9.21 Å². The Morgan fingerprint density at radius 1 is 1.21 bits per heavy atom. The number of anilines is 1. The Morgan fingerprint density at radius 2 is 1.79 bits per heavy atom. The number of hydrogen-bond donors (Lipinski definition) is 1. The number of carbonyl (C=O) groups is 1. The molecule has 1 heterocycles. The molecular formula is C17H27N3O3S. The number of nitrogens with one attached hydrogen (secondary N) is 1. The Labute approximate surface area is 144 Å². The fourth-order valence-corrected chi connectivity index (χ4v) is 4.66. The Hall–Kier alpha value is -1.60. The van der Waals surface area contributed by atoms with Gasteiger partial charge in [0.05, 0.1) is 5.75 Å². The molecule has 7 heteroatoms. The molecule has 6 nitrogen and oxygen atoms in total. The van der Waals surface area contributed by atoms with Crippen molar-refractivity contribution in [3.05, 3.63) is 30.3 Å². The third-order valence-electron chi connectivity index (χ3n) is 4.40. The van der Waals surface area contributed by atoms with E-state index in [0.717, 1.165) is 5.69 Å². The predicted molar refractivity (Wildman–Crippen MR) is 96.4 cm³/mol. The van der Waals surface area contributed by atoms with E-state index in [-0.39, 0.29) is 11.7 Å². The number of rotatable bonds is 6. The summed E-state index contributed by atoms with van der Waals surface area (Å²) in [5.74, 6) is 0.146. The second-order valence-electron chi connectivity index (χ2n) is 6.49. The number of hydrogen-bond acceptors (Lipinski definition) is 4. The van der Waals surface area contributed by atoms with Crippen LogP contribution < -0.4 is 5.32 Å². The van der Waals surface area contributed by atoms with E-state index in [1.165, 1.54) is 4.31 Å². The lowest BCUT2D eigenvalue weighted by Crippen LogP contribution is -2.58. The number of likely N-dealkylation sites (N-methyl/N-ethyl adjacent to an activating group) is 1. The highest BCUT2D eigenvalue weighted by atomic mass is 32.2. The van der Waals surface area contributed by atoms with Crippen molar-refractivity contribution in [3.63, 3.8) is 0 Å². The molecule has 134 valence electrons. The van der Waals surface area contributed by atoms with Gasteiger partial charge in [0, 0.05) is 32.9 Å². The quantitative estimate of drug-likeness (QED) is 0.846. The van der Waals surface area contributed by atoms with Gasteiger partial charge in [-0.25, -0.2) is 12.7 Å². The lowest BCUT2D eigenvalue weighted by atomic mass is 9.86. The summed E-state index contributed by atoms with van der Waals surface area (Å²) in [6.07, 6.45) is 1.52. The van der Waals surface area contributed by atoms with E-state index in [4.69, 9.17) is 0 Å². The molecule has 0 aromatic heterocycles. The molecule has 1 aromatic rings. The van der Waals surface area contributed by atoms with Crippen LogP contribution in [0.2, 0.25) is 0 Å². The maximum absolute atomic E-state index is 12.8. The first kappa shape index (κ1) is 18.7. The smallest absolute Gasteiger partial charge is 0.247 e. The summed E-state index contributed by atoms with van der Waals surface area (Å²) in [7, 11) is 0.244. The molecule has 0 atom stereocenters. The molecule has 0 bridgehead atoms. The minimum absolute atomic E-state index is 0.0149. The molecule has 0 spiro atoms. The van der Waals surface area contributed by atoms with E-state index in [1.807, 2.05) is 37.3 Å². The largest absolute Gasteiger partial charge is 0.371 e. The number of piperidine rings is 1. The highest BCUT2D eigenvalue weighted by Gasteiger charge is 2.44. The molecule has 1 fully saturated rings. The van der Waals surface area contributed by atoms with Gasteiger partial charge in [-0.1, -0.05) is 25.1 Å². The maximum atomic E-state index is 12.8. The van der Waals surface area contributed by atoms with Gasteiger partial charge in [0.2, 0.25) is 15.9 Å². The lowest BCUT2D eigenvalue weighted by molar-refractivity contribution is -0.134. The van der Waals surface area contributed by atoms with Gasteiger partial charge in [-0.3, -0.25) is 4.79 Å². The fourth-order valence-electron chi connectivity index (χ4n) is 3.15. The summed E-state index contributed by atoms with van der Waals surface area (Å²) < 4.78 is 26.1. The van der Waals surface area contributed by atoms with Crippen LogP contribution in [0.3, 0.4) is 0 Å². The van der Waals surface area contributed by atoms with Crippen molar-refractivity contribution in [2.45, 2.75) is 31.7 Å². The van der Waals surface area contributed by atoms with Crippen LogP contribution in [-0.2, 0) is 14.8 Å². The van der Waals surface area contributed by atoms with Crippen molar-refractivity contribution in [2.24, 2.45) is 0 Å². The van der Waals surface area contributed by atoms with E-state index in [0.29, 0.717) is 32.4 Å². The lowest BCUT2D eigenvalue weighted by Gasteiger charge is -2.42. The second-order valence-corrected chi connectivity index (χ2v) is 8.58. The molecule has 1 aliphatic heterocycles. The van der Waals surface area contributed by atoms with Crippen molar-refractivity contribution < 1.29 is 13.2 Å². The van der Waals surface area contributed by atoms with Gasteiger partial charge in [-0.15, -0.1) is 0 Å². The zero-order valence-electron chi connectivity index (χ0n) is 14.7. The average molecular weight is 353 g/mol. The van der Waals surface area contributed by atoms with Gasteiger partial charge in [0.25, 0.3) is 0 Å². The number of benzene rings is 1. The van der Waals surface area contributed by atoms with Crippen molar-refractivity contribution >= 4 is 21.6 Å². The van der Waals surface area contributed by atoms with E-state index in [1.54, 1.807) is 19.0 Å². The molecule has 1 amide bonds. The van der Waals surface area contributed by atoms with Gasteiger partial charge in [-0.05, 0) is 31.4 Å². The third kappa shape index (κ3) is 4.08. The second kappa shape index (κ2) is 7.53. The van der Waals surface area contributed by atoms with E-state index < -0.39 is 15.6 Å². The summed E-state index contributed by atoms with van der Waals surface area (Å²) >= 11 is 0. The van der Waals surface area contributed by atoms with E-state index in [9.17, 15) is 13.2 Å². The van der Waals surface area contributed by atoms with Crippen LogP contribution >= 0.6 is 0 Å². The molecular weight excluding hydrogens is 326 g/mol. The minimum atomic E-state index is -3.22. The highest BCUT2D eigenvalue weighted by molar-refractivity contribution is 7.89. The topological polar surface area (TPSA) is 69.7 Å². The van der Waals surface area contributed by atoms with Crippen molar-refractivity contribution in [2.75, 3.05) is 38.3 Å². The summed E-state index contributed by atoms with van der Waals surface area (Å²) in [6.45, 7) is 2.59. The molecule has 0 unspecified atom stereocenters. The zero-order valence-corrected chi connectivity index (χ0v) is 15.5. The standard InChI is InChI=1S/C17H27N3O3S/c1-4-14-24(22,23)20-12-10-17(11-13-20,16(21)19(2)3)18-15-8-6-5-7-9-15/h5-9,18H,4,10-14H2,1-3H3. The molecule has 1 aromatic carbocycles. The van der Waals surface area contributed by atoms with Gasteiger partial charge < -0.3 is 10.2 Å². The van der Waals surface area contributed by atoms with Gasteiger partial charge in [0.1, 0.15) is 5.54 Å². The number of sulfonamides is 1. The van der Waals surface area contributed by atoms with Crippen LogP contribution in [-0.4, -0.2) is 62.0 Å². The minimum Gasteiger partial charge on any atom is -0.371 e. The molecule has 1 saturated heterocycles. The Morgan fingerprint density at radius 3 is 2.29 bits per heavy atom. The van der Waals surface area contributed by atoms with Gasteiger partial charge in [-0.2, -0.15) is 0 Å². The van der Waals surface area contributed by atoms with Gasteiger partial charge >= 0.3 is 0 Å². The number of amides is 1. The molecule has 1 N–H and O–H groups in total. The normalized spacial score (nSPS) is 18.1. The van der Waals surface area contributed by atoms with Crippen molar-refractivity contribution in [1.29, 1.82) is 0 Å². The van der Waals surface area contributed by atoms with E-state index >= 15 is 0 Å².